The van der Waals surface area contributed by atoms with Gasteiger partial charge in [-0.05, 0) is 31.9 Å². The van der Waals surface area contributed by atoms with E-state index in [1.807, 2.05) is 67.6 Å². The Morgan fingerprint density at radius 1 is 0.810 bits per heavy atom. The summed E-state index contributed by atoms with van der Waals surface area (Å²) in [5.41, 5.74) is 1.79. The third-order valence-corrected chi connectivity index (χ3v) is 7.74. The van der Waals surface area contributed by atoms with Gasteiger partial charge in [0.05, 0.1) is 25.9 Å². The highest BCUT2D eigenvalue weighted by molar-refractivity contribution is 5.14. The highest BCUT2D eigenvalue weighted by Crippen LogP contribution is 2.40. The van der Waals surface area contributed by atoms with Gasteiger partial charge in [-0.25, -0.2) is 0 Å². The third-order valence-electron chi connectivity index (χ3n) is 7.74. The van der Waals surface area contributed by atoms with Gasteiger partial charge in [-0.15, -0.1) is 0 Å². The average Bonchev–Trinajstić information content (AvgIpc) is 3.31. The van der Waals surface area contributed by atoms with E-state index in [9.17, 15) is 15.3 Å². The van der Waals surface area contributed by atoms with Crippen LogP contribution in [-0.2, 0) is 51.1 Å². The molecule has 0 amide bonds. The normalized spacial score (nSPS) is 36.8. The van der Waals surface area contributed by atoms with Crippen LogP contribution >= 0.6 is 0 Å². The van der Waals surface area contributed by atoms with E-state index in [0.717, 1.165) is 11.1 Å². The fourth-order valence-electron chi connectivity index (χ4n) is 5.65. The maximum atomic E-state index is 11.3. The van der Waals surface area contributed by atoms with Gasteiger partial charge in [0.25, 0.3) is 0 Å². The molecule has 232 valence electrons. The minimum atomic E-state index is -1.48. The van der Waals surface area contributed by atoms with Crippen molar-refractivity contribution in [3.8, 4) is 0 Å². The van der Waals surface area contributed by atoms with E-state index in [1.165, 1.54) is 7.11 Å². The molecule has 3 aliphatic rings. The first kappa shape index (κ1) is 31.4. The first-order valence-corrected chi connectivity index (χ1v) is 14.3. The molecule has 5 rings (SSSR count). The van der Waals surface area contributed by atoms with Gasteiger partial charge in [0, 0.05) is 7.11 Å². The van der Waals surface area contributed by atoms with Gasteiger partial charge in [-0.1, -0.05) is 60.7 Å². The monoisotopic (exact) mass is 590 g/mol. The van der Waals surface area contributed by atoms with Crippen molar-refractivity contribution in [1.82, 2.24) is 0 Å². The number of hydrogen-bond donors (Lipinski definition) is 3. The summed E-state index contributed by atoms with van der Waals surface area (Å²) >= 11 is 0. The molecule has 11 nitrogen and oxygen atoms in total. The van der Waals surface area contributed by atoms with Crippen molar-refractivity contribution in [1.29, 1.82) is 0 Å². The maximum absolute atomic E-state index is 11.3. The van der Waals surface area contributed by atoms with E-state index >= 15 is 0 Å². The number of ether oxygens (including phenoxy) is 8. The molecule has 11 heteroatoms. The van der Waals surface area contributed by atoms with Crippen molar-refractivity contribution in [2.45, 2.75) is 107 Å². The van der Waals surface area contributed by atoms with E-state index in [2.05, 4.69) is 0 Å². The molecule has 0 spiro atoms. The lowest BCUT2D eigenvalue weighted by Gasteiger charge is -2.47. The van der Waals surface area contributed by atoms with E-state index in [0.29, 0.717) is 0 Å². The fourth-order valence-corrected chi connectivity index (χ4v) is 5.65. The van der Waals surface area contributed by atoms with E-state index < -0.39 is 73.3 Å². The fraction of sp³-hybridized carbons (Fsp3) is 0.613. The van der Waals surface area contributed by atoms with Crippen molar-refractivity contribution in [3.63, 3.8) is 0 Å². The summed E-state index contributed by atoms with van der Waals surface area (Å²) in [4.78, 5) is 0. The summed E-state index contributed by atoms with van der Waals surface area (Å²) in [7, 11) is 1.53. The molecule has 2 aromatic rings. The van der Waals surface area contributed by atoms with Crippen molar-refractivity contribution in [2.75, 3.05) is 13.7 Å². The molecule has 3 saturated heterocycles. The molecule has 0 aliphatic carbocycles. The Bertz CT molecular complexity index is 1100. The second kappa shape index (κ2) is 13.7. The van der Waals surface area contributed by atoms with Gasteiger partial charge >= 0.3 is 0 Å². The predicted molar refractivity (Wildman–Crippen MR) is 148 cm³/mol. The Hall–Kier alpha value is -2.00. The molecular formula is C31H42O11. The Kier molecular flexibility index (Phi) is 10.3. The molecule has 3 N–H and O–H groups in total. The summed E-state index contributed by atoms with van der Waals surface area (Å²) in [5.74, 6) is -0.914. The van der Waals surface area contributed by atoms with Crippen LogP contribution in [0, 0.1) is 0 Å². The third kappa shape index (κ3) is 7.20. The molecule has 42 heavy (non-hydrogen) atoms. The average molecular weight is 591 g/mol. The van der Waals surface area contributed by atoms with Crippen LogP contribution in [-0.4, -0.2) is 102 Å². The molecule has 3 heterocycles. The van der Waals surface area contributed by atoms with Crippen LogP contribution in [0.4, 0.5) is 0 Å². The van der Waals surface area contributed by atoms with Crippen molar-refractivity contribution in [3.05, 3.63) is 71.8 Å². The molecule has 0 bridgehead atoms. The Morgan fingerprint density at radius 3 is 2.07 bits per heavy atom. The van der Waals surface area contributed by atoms with Crippen LogP contribution in [0.25, 0.3) is 0 Å². The lowest BCUT2D eigenvalue weighted by atomic mass is 9.94. The summed E-state index contributed by atoms with van der Waals surface area (Å²) in [6.07, 6.45) is -10.8. The van der Waals surface area contributed by atoms with E-state index in [-0.39, 0.29) is 19.8 Å². The van der Waals surface area contributed by atoms with E-state index in [1.54, 1.807) is 13.8 Å². The standard InChI is InChI=1S/C31H42O11/c1-18-24(27-28(29(35-4)38-18)42-31(2,3)41-27)39-30-26(37-16-20-13-9-6-10-14-20)23(34)22(33)25(40-30)21(32)17-36-15-19-11-7-5-8-12-19/h5-14,18,21-30,32-34H,15-17H2,1-4H3/t18-,21+,22-,23-,24-,25+,26-,27+,28+,29+,30+/m0/s1. The number of fused-ring (bicyclic) bond motifs is 1. The number of aliphatic hydroxyl groups excluding tert-OH is 3. The number of hydrogen-bond acceptors (Lipinski definition) is 11. The molecule has 0 radical (unpaired) electrons. The first-order valence-electron chi connectivity index (χ1n) is 14.3. The topological polar surface area (TPSA) is 135 Å². The van der Waals surface area contributed by atoms with Crippen molar-refractivity contribution >= 4 is 0 Å². The lowest BCUT2D eigenvalue weighted by Crippen LogP contribution is -2.65. The van der Waals surface area contributed by atoms with Crippen LogP contribution in [0.2, 0.25) is 0 Å². The highest BCUT2D eigenvalue weighted by atomic mass is 16.8. The predicted octanol–water partition coefficient (Wildman–Crippen LogP) is 1.89. The second-order valence-corrected chi connectivity index (χ2v) is 11.4. The molecule has 0 unspecified atom stereocenters. The summed E-state index contributed by atoms with van der Waals surface area (Å²) in [5, 5.41) is 33.3. The molecule has 3 aliphatic heterocycles. The summed E-state index contributed by atoms with van der Waals surface area (Å²) < 4.78 is 48.2. The quantitative estimate of drug-likeness (QED) is 0.354. The zero-order valence-electron chi connectivity index (χ0n) is 24.4. The Morgan fingerprint density at radius 2 is 1.43 bits per heavy atom. The number of methoxy groups -OCH3 is 1. The van der Waals surface area contributed by atoms with Crippen molar-refractivity contribution < 1.29 is 53.2 Å². The number of benzene rings is 2. The van der Waals surface area contributed by atoms with Gasteiger partial charge in [-0.3, -0.25) is 0 Å². The van der Waals surface area contributed by atoms with Gasteiger partial charge in [0.2, 0.25) is 0 Å². The Labute approximate surface area is 246 Å². The largest absolute Gasteiger partial charge is 0.388 e. The van der Waals surface area contributed by atoms with Crippen LogP contribution in [0.1, 0.15) is 31.9 Å². The molecule has 11 atom stereocenters. The molecular weight excluding hydrogens is 548 g/mol. The zero-order chi connectivity index (χ0) is 29.9. The smallest absolute Gasteiger partial charge is 0.187 e. The Balaban J connectivity index is 1.33. The van der Waals surface area contributed by atoms with Crippen molar-refractivity contribution in [2.24, 2.45) is 0 Å². The number of aliphatic hydroxyl groups is 3. The summed E-state index contributed by atoms with van der Waals surface area (Å²) in [6, 6.07) is 18.9. The number of rotatable bonds is 11. The molecule has 0 aromatic heterocycles. The molecule has 2 aromatic carbocycles. The van der Waals surface area contributed by atoms with Crippen LogP contribution in [0.5, 0.6) is 0 Å². The SMILES string of the molecule is CO[C@@H]1O[C@@H](C)[C@H](O[C@@H]2O[C@H]([C@H](O)COCc3ccccc3)[C@@H](O)[C@H](O)[C@@H]2OCc2ccccc2)[C@H]2OC(C)(C)O[C@@H]12. The highest BCUT2D eigenvalue weighted by Gasteiger charge is 2.57. The minimum Gasteiger partial charge on any atom is -0.388 e. The van der Waals surface area contributed by atoms with Crippen LogP contribution < -0.4 is 0 Å². The summed E-state index contributed by atoms with van der Waals surface area (Å²) in [6.45, 7) is 5.67. The lowest BCUT2D eigenvalue weighted by molar-refractivity contribution is -0.356. The zero-order valence-corrected chi connectivity index (χ0v) is 24.4. The first-order chi connectivity index (χ1) is 20.2. The molecule has 3 fully saturated rings. The second-order valence-electron chi connectivity index (χ2n) is 11.4. The maximum Gasteiger partial charge on any atom is 0.187 e. The van der Waals surface area contributed by atoms with Gasteiger partial charge in [-0.2, -0.15) is 0 Å². The minimum absolute atomic E-state index is 0.132. The van der Waals surface area contributed by atoms with Gasteiger partial charge in [0.15, 0.2) is 18.4 Å². The van der Waals surface area contributed by atoms with Gasteiger partial charge in [0.1, 0.15) is 48.8 Å². The van der Waals surface area contributed by atoms with Crippen LogP contribution in [0.15, 0.2) is 60.7 Å². The molecule has 0 saturated carbocycles. The van der Waals surface area contributed by atoms with Gasteiger partial charge < -0.3 is 53.2 Å². The van der Waals surface area contributed by atoms with Crippen LogP contribution in [0.3, 0.4) is 0 Å². The van der Waals surface area contributed by atoms with E-state index in [4.69, 9.17) is 37.9 Å².